The number of carboxylic acid groups (broad SMARTS) is 1. The zero-order chi connectivity index (χ0) is 15.0. The highest BCUT2D eigenvalue weighted by molar-refractivity contribution is 5.78. The zero-order valence-electron chi connectivity index (χ0n) is 13.5. The summed E-state index contributed by atoms with van der Waals surface area (Å²) in [5.41, 5.74) is -0.773. The van der Waals surface area contributed by atoms with Gasteiger partial charge in [0.25, 0.3) is 0 Å². The number of hydrogen-bond donors (Lipinski definition) is 2. The van der Waals surface area contributed by atoms with Crippen LogP contribution in [-0.2, 0) is 4.79 Å². The van der Waals surface area contributed by atoms with Crippen molar-refractivity contribution < 1.29 is 9.90 Å². The molecule has 2 N–H and O–H groups in total. The van der Waals surface area contributed by atoms with Gasteiger partial charge in [-0.2, -0.15) is 0 Å². The Kier molecular flexibility index (Phi) is 7.52. The van der Waals surface area contributed by atoms with E-state index in [1.54, 1.807) is 6.92 Å². The summed E-state index contributed by atoms with van der Waals surface area (Å²) in [6.07, 6.45) is 8.14. The van der Waals surface area contributed by atoms with Gasteiger partial charge in [0.1, 0.15) is 5.54 Å². The molecule has 1 saturated heterocycles. The van der Waals surface area contributed by atoms with Crippen molar-refractivity contribution in [2.75, 3.05) is 19.6 Å². The van der Waals surface area contributed by atoms with E-state index in [0.717, 1.165) is 19.0 Å². The van der Waals surface area contributed by atoms with Gasteiger partial charge < -0.3 is 15.3 Å². The van der Waals surface area contributed by atoms with Crippen molar-refractivity contribution in [1.82, 2.24) is 10.2 Å². The monoisotopic (exact) mass is 284 g/mol. The maximum absolute atomic E-state index is 11.4. The SMILES string of the molecule is CCCC1CCCCN1CCCC(C)(NCC)C(=O)O. The number of carbonyl (C=O) groups is 1. The van der Waals surface area contributed by atoms with Gasteiger partial charge in [0, 0.05) is 6.04 Å². The lowest BCUT2D eigenvalue weighted by Gasteiger charge is -2.36. The minimum Gasteiger partial charge on any atom is -0.480 e. The summed E-state index contributed by atoms with van der Waals surface area (Å²) in [6.45, 7) is 8.95. The van der Waals surface area contributed by atoms with Crippen LogP contribution in [0.15, 0.2) is 0 Å². The van der Waals surface area contributed by atoms with Gasteiger partial charge >= 0.3 is 5.97 Å². The second kappa shape index (κ2) is 8.63. The van der Waals surface area contributed by atoms with Crippen LogP contribution < -0.4 is 5.32 Å². The molecule has 0 saturated carbocycles. The Morgan fingerprint density at radius 3 is 2.75 bits per heavy atom. The average Bonchev–Trinajstić information content (AvgIpc) is 2.41. The second-order valence-corrected chi connectivity index (χ2v) is 6.25. The minimum atomic E-state index is -0.773. The number of likely N-dealkylation sites (tertiary alicyclic amines) is 1. The number of carboxylic acids is 1. The van der Waals surface area contributed by atoms with Crippen LogP contribution >= 0.6 is 0 Å². The third-order valence-electron chi connectivity index (χ3n) is 4.53. The minimum absolute atomic E-state index is 0.699. The third kappa shape index (κ3) is 5.06. The van der Waals surface area contributed by atoms with Crippen molar-refractivity contribution in [2.24, 2.45) is 0 Å². The van der Waals surface area contributed by atoms with E-state index in [2.05, 4.69) is 17.1 Å². The predicted octanol–water partition coefficient (Wildman–Crippen LogP) is 2.87. The smallest absolute Gasteiger partial charge is 0.323 e. The Bertz CT molecular complexity index is 294. The van der Waals surface area contributed by atoms with Crippen LogP contribution in [0.5, 0.6) is 0 Å². The number of rotatable bonds is 9. The first-order valence-corrected chi connectivity index (χ1v) is 8.26. The Morgan fingerprint density at radius 1 is 1.40 bits per heavy atom. The molecule has 118 valence electrons. The summed E-state index contributed by atoms with van der Waals surface area (Å²) in [4.78, 5) is 14.0. The number of hydrogen-bond acceptors (Lipinski definition) is 3. The van der Waals surface area contributed by atoms with Crippen molar-refractivity contribution in [3.63, 3.8) is 0 Å². The Balaban J connectivity index is 2.42. The van der Waals surface area contributed by atoms with Crippen LogP contribution in [0, 0.1) is 0 Å². The number of likely N-dealkylation sites (N-methyl/N-ethyl adjacent to an activating group) is 1. The van der Waals surface area contributed by atoms with Crippen LogP contribution in [0.1, 0.15) is 65.7 Å². The number of aliphatic carboxylic acids is 1. The standard InChI is InChI=1S/C16H32N2O2/c1-4-9-14-10-6-7-12-18(14)13-8-11-16(3,15(19)20)17-5-2/h14,17H,4-13H2,1-3H3,(H,19,20). The molecule has 1 aliphatic heterocycles. The molecule has 1 aliphatic rings. The summed E-state index contributed by atoms with van der Waals surface area (Å²) >= 11 is 0. The fourth-order valence-electron chi connectivity index (χ4n) is 3.31. The lowest BCUT2D eigenvalue weighted by Crippen LogP contribution is -2.50. The van der Waals surface area contributed by atoms with E-state index in [-0.39, 0.29) is 0 Å². The summed E-state index contributed by atoms with van der Waals surface area (Å²) in [6, 6.07) is 0.726. The van der Waals surface area contributed by atoms with Gasteiger partial charge in [-0.15, -0.1) is 0 Å². The molecule has 0 aromatic carbocycles. The van der Waals surface area contributed by atoms with E-state index in [4.69, 9.17) is 0 Å². The summed E-state index contributed by atoms with van der Waals surface area (Å²) in [7, 11) is 0. The van der Waals surface area contributed by atoms with Crippen LogP contribution in [0.2, 0.25) is 0 Å². The van der Waals surface area contributed by atoms with Gasteiger partial charge in [-0.3, -0.25) is 4.79 Å². The molecule has 0 radical (unpaired) electrons. The fourth-order valence-corrected chi connectivity index (χ4v) is 3.31. The van der Waals surface area contributed by atoms with Crippen molar-refractivity contribution in [3.8, 4) is 0 Å². The highest BCUT2D eigenvalue weighted by atomic mass is 16.4. The first kappa shape index (κ1) is 17.4. The predicted molar refractivity (Wildman–Crippen MR) is 83.1 cm³/mol. The van der Waals surface area contributed by atoms with E-state index in [1.807, 2.05) is 6.92 Å². The molecule has 2 atom stereocenters. The summed E-state index contributed by atoms with van der Waals surface area (Å²) in [5, 5.41) is 12.5. The van der Waals surface area contributed by atoms with E-state index in [9.17, 15) is 9.90 Å². The van der Waals surface area contributed by atoms with Crippen LogP contribution in [0.3, 0.4) is 0 Å². The molecule has 4 heteroatoms. The summed E-state index contributed by atoms with van der Waals surface area (Å²) in [5.74, 6) is -0.733. The highest BCUT2D eigenvalue weighted by Gasteiger charge is 2.32. The van der Waals surface area contributed by atoms with Gasteiger partial charge in [-0.25, -0.2) is 0 Å². The first-order valence-electron chi connectivity index (χ1n) is 8.26. The molecule has 0 amide bonds. The van der Waals surface area contributed by atoms with Gasteiger partial charge in [-0.1, -0.05) is 26.7 Å². The topological polar surface area (TPSA) is 52.6 Å². The first-order chi connectivity index (χ1) is 9.53. The number of nitrogens with zero attached hydrogens (tertiary/aromatic N) is 1. The van der Waals surface area contributed by atoms with Crippen molar-refractivity contribution >= 4 is 5.97 Å². The highest BCUT2D eigenvalue weighted by Crippen LogP contribution is 2.22. The van der Waals surface area contributed by atoms with Crippen molar-refractivity contribution in [2.45, 2.75) is 77.3 Å². The molecule has 4 nitrogen and oxygen atoms in total. The van der Waals surface area contributed by atoms with E-state index < -0.39 is 11.5 Å². The molecular formula is C16H32N2O2. The van der Waals surface area contributed by atoms with Crippen LogP contribution in [0.25, 0.3) is 0 Å². The maximum Gasteiger partial charge on any atom is 0.323 e. The lowest BCUT2D eigenvalue weighted by atomic mass is 9.94. The molecule has 0 aromatic rings. The normalized spacial score (nSPS) is 23.4. The third-order valence-corrected chi connectivity index (χ3v) is 4.53. The van der Waals surface area contributed by atoms with Crippen LogP contribution in [0.4, 0.5) is 0 Å². The Labute approximate surface area is 123 Å². The molecule has 20 heavy (non-hydrogen) atoms. The van der Waals surface area contributed by atoms with Gasteiger partial charge in [0.2, 0.25) is 0 Å². The quantitative estimate of drug-likeness (QED) is 0.683. The van der Waals surface area contributed by atoms with E-state index in [1.165, 1.54) is 38.6 Å². The van der Waals surface area contributed by atoms with Crippen molar-refractivity contribution in [3.05, 3.63) is 0 Å². The molecule has 0 aliphatic carbocycles. The Hall–Kier alpha value is -0.610. The number of piperidine rings is 1. The van der Waals surface area contributed by atoms with Crippen LogP contribution in [-0.4, -0.2) is 47.2 Å². The lowest BCUT2D eigenvalue weighted by molar-refractivity contribution is -0.144. The molecule has 2 unspecified atom stereocenters. The number of nitrogens with one attached hydrogen (secondary N) is 1. The average molecular weight is 284 g/mol. The summed E-state index contributed by atoms with van der Waals surface area (Å²) < 4.78 is 0. The molecule has 0 spiro atoms. The maximum atomic E-state index is 11.4. The largest absolute Gasteiger partial charge is 0.480 e. The molecular weight excluding hydrogens is 252 g/mol. The van der Waals surface area contributed by atoms with E-state index in [0.29, 0.717) is 13.0 Å². The molecule has 0 aromatic heterocycles. The molecule has 1 rings (SSSR count). The molecule has 0 bridgehead atoms. The zero-order valence-corrected chi connectivity index (χ0v) is 13.5. The second-order valence-electron chi connectivity index (χ2n) is 6.25. The van der Waals surface area contributed by atoms with Gasteiger partial charge in [0.15, 0.2) is 0 Å². The fraction of sp³-hybridized carbons (Fsp3) is 0.938. The van der Waals surface area contributed by atoms with Crippen molar-refractivity contribution in [1.29, 1.82) is 0 Å². The Morgan fingerprint density at radius 2 is 2.15 bits per heavy atom. The molecule has 1 fully saturated rings. The molecule has 1 heterocycles. The van der Waals surface area contributed by atoms with Gasteiger partial charge in [0.05, 0.1) is 0 Å². The van der Waals surface area contributed by atoms with Gasteiger partial charge in [-0.05, 0) is 58.7 Å². The van der Waals surface area contributed by atoms with E-state index >= 15 is 0 Å².